The molecular formula is C2H6ClNO. The molecule has 2 N–H and O–H groups in total. The molecule has 0 aliphatic rings. The summed E-state index contributed by atoms with van der Waals surface area (Å²) in [6.45, 7) is 1.64. The maximum Gasteiger partial charge on any atom is 0.149 e. The van der Waals surface area contributed by atoms with Gasteiger partial charge in [0, 0.05) is 0 Å². The second kappa shape index (κ2) is 2.45. The molecule has 0 fully saturated rings. The van der Waals surface area contributed by atoms with Crippen molar-refractivity contribution in [3.63, 3.8) is 0 Å². The first-order valence-corrected chi connectivity index (χ1v) is 1.70. The Hall–Kier alpha value is 0.210. The Balaban J connectivity index is 2.54. The lowest BCUT2D eigenvalue weighted by atomic mass is 10.9. The van der Waals surface area contributed by atoms with Gasteiger partial charge in [0.1, 0.15) is 5.56 Å². The molecule has 0 radical (unpaired) electrons. The van der Waals surface area contributed by atoms with Crippen molar-refractivity contribution >= 4 is 11.6 Å². The lowest BCUT2D eigenvalue weighted by Gasteiger charge is -1.90. The predicted molar refractivity (Wildman–Crippen MR) is 20.6 cm³/mol. The van der Waals surface area contributed by atoms with Crippen LogP contribution in [0, 0.1) is 0 Å². The molecule has 0 rings (SSSR count). The summed E-state index contributed by atoms with van der Waals surface area (Å²) in [5, 5.41) is 0. The van der Waals surface area contributed by atoms with Crippen LogP contribution in [0.3, 0.4) is 0 Å². The van der Waals surface area contributed by atoms with Crippen molar-refractivity contribution in [1.29, 1.82) is 0 Å². The summed E-state index contributed by atoms with van der Waals surface area (Å²) in [6.07, 6.45) is 0. The van der Waals surface area contributed by atoms with Gasteiger partial charge in [-0.25, -0.2) is 5.90 Å². The van der Waals surface area contributed by atoms with E-state index in [1.54, 1.807) is 6.92 Å². The van der Waals surface area contributed by atoms with Crippen molar-refractivity contribution in [2.75, 3.05) is 0 Å². The highest BCUT2D eigenvalue weighted by Gasteiger charge is 1.83. The maximum atomic E-state index is 5.11. The summed E-state index contributed by atoms with van der Waals surface area (Å²) in [5.41, 5.74) is -0.366. The molecule has 0 aromatic carbocycles. The fraction of sp³-hybridized carbons (Fsp3) is 1.00. The van der Waals surface area contributed by atoms with Gasteiger partial charge in [-0.05, 0) is 6.92 Å². The zero-order chi connectivity index (χ0) is 4.28. The fourth-order valence-corrected chi connectivity index (χ4v) is 0. The monoisotopic (exact) mass is 95.0 g/mol. The van der Waals surface area contributed by atoms with E-state index in [1.807, 2.05) is 0 Å². The second-order valence-corrected chi connectivity index (χ2v) is 1.29. The smallest absolute Gasteiger partial charge is 0.149 e. The van der Waals surface area contributed by atoms with E-state index in [4.69, 9.17) is 11.6 Å². The molecule has 5 heavy (non-hydrogen) atoms. The Morgan fingerprint density at radius 1 is 2.00 bits per heavy atom. The Morgan fingerprint density at radius 2 is 2.20 bits per heavy atom. The van der Waals surface area contributed by atoms with E-state index in [9.17, 15) is 0 Å². The highest BCUT2D eigenvalue weighted by molar-refractivity contribution is 6.19. The standard InChI is InChI=1S/C2H6ClNO/c1-2(3)5-4/h2H,4H2,1H3. The average molecular weight is 95.5 g/mol. The molecule has 0 aliphatic heterocycles. The molecule has 1 atom stereocenters. The molecule has 0 saturated carbocycles. The Labute approximate surface area is 35.8 Å². The van der Waals surface area contributed by atoms with Crippen LogP contribution in [0.15, 0.2) is 0 Å². The number of hydrogen-bond acceptors (Lipinski definition) is 2. The molecule has 0 amide bonds. The third-order valence-corrected chi connectivity index (χ3v) is 0.290. The first-order valence-electron chi connectivity index (χ1n) is 1.27. The summed E-state index contributed by atoms with van der Waals surface area (Å²) in [7, 11) is 0. The first kappa shape index (κ1) is 5.21. The topological polar surface area (TPSA) is 35.2 Å². The minimum atomic E-state index is -0.366. The first-order chi connectivity index (χ1) is 2.27. The van der Waals surface area contributed by atoms with Gasteiger partial charge in [-0.3, -0.25) is 4.84 Å². The van der Waals surface area contributed by atoms with Crippen LogP contribution in [0.25, 0.3) is 0 Å². The largest absolute Gasteiger partial charge is 0.286 e. The van der Waals surface area contributed by atoms with E-state index in [0.717, 1.165) is 0 Å². The molecule has 3 heteroatoms. The SMILES string of the molecule is CC(Cl)ON. The maximum absolute atomic E-state index is 5.11. The highest BCUT2D eigenvalue weighted by atomic mass is 35.5. The van der Waals surface area contributed by atoms with Crippen LogP contribution in [0.5, 0.6) is 0 Å². The highest BCUT2D eigenvalue weighted by Crippen LogP contribution is 1.86. The van der Waals surface area contributed by atoms with E-state index in [1.165, 1.54) is 0 Å². The van der Waals surface area contributed by atoms with Crippen molar-refractivity contribution < 1.29 is 4.84 Å². The van der Waals surface area contributed by atoms with Crippen LogP contribution >= 0.6 is 11.6 Å². The Bertz CT molecular complexity index is 23.6. The van der Waals surface area contributed by atoms with Crippen molar-refractivity contribution in [2.45, 2.75) is 12.5 Å². The van der Waals surface area contributed by atoms with Gasteiger partial charge in [0.2, 0.25) is 0 Å². The van der Waals surface area contributed by atoms with Crippen LogP contribution in [-0.2, 0) is 4.84 Å². The number of alkyl halides is 1. The third kappa shape index (κ3) is 4.21. The van der Waals surface area contributed by atoms with E-state index >= 15 is 0 Å². The number of rotatable bonds is 1. The molecule has 32 valence electrons. The van der Waals surface area contributed by atoms with Crippen molar-refractivity contribution in [3.8, 4) is 0 Å². The van der Waals surface area contributed by atoms with E-state index in [0.29, 0.717) is 0 Å². The van der Waals surface area contributed by atoms with E-state index < -0.39 is 0 Å². The Kier molecular flexibility index (Phi) is 2.55. The molecule has 0 spiro atoms. The van der Waals surface area contributed by atoms with Crippen LogP contribution in [-0.4, -0.2) is 5.56 Å². The Morgan fingerprint density at radius 3 is 2.20 bits per heavy atom. The predicted octanol–water partition coefficient (Wildman–Crippen LogP) is 0.462. The van der Waals surface area contributed by atoms with E-state index in [2.05, 4.69) is 10.7 Å². The summed E-state index contributed by atoms with van der Waals surface area (Å²) in [6, 6.07) is 0. The third-order valence-electron chi connectivity index (χ3n) is 0.188. The number of hydrogen-bond donors (Lipinski definition) is 1. The van der Waals surface area contributed by atoms with Crippen LogP contribution < -0.4 is 5.90 Å². The summed E-state index contributed by atoms with van der Waals surface area (Å²) < 4.78 is 0. The minimum Gasteiger partial charge on any atom is -0.286 e. The molecule has 0 saturated heterocycles. The number of halogens is 1. The van der Waals surface area contributed by atoms with Crippen LogP contribution in [0.1, 0.15) is 6.92 Å². The lowest BCUT2D eigenvalue weighted by molar-refractivity contribution is 0.122. The average Bonchev–Trinajstić information content (AvgIpc) is 1.38. The number of nitrogens with two attached hydrogens (primary N) is 1. The summed E-state index contributed by atoms with van der Waals surface area (Å²) >= 11 is 5.11. The summed E-state index contributed by atoms with van der Waals surface area (Å²) in [5.74, 6) is 4.54. The molecule has 1 unspecified atom stereocenters. The normalized spacial score (nSPS) is 15.0. The van der Waals surface area contributed by atoms with Gasteiger partial charge in [-0.2, -0.15) is 0 Å². The van der Waals surface area contributed by atoms with Crippen LogP contribution in [0.2, 0.25) is 0 Å². The van der Waals surface area contributed by atoms with E-state index in [-0.39, 0.29) is 5.56 Å². The molecule has 0 aromatic heterocycles. The van der Waals surface area contributed by atoms with Gasteiger partial charge in [0.15, 0.2) is 0 Å². The zero-order valence-electron chi connectivity index (χ0n) is 2.94. The van der Waals surface area contributed by atoms with Gasteiger partial charge >= 0.3 is 0 Å². The lowest BCUT2D eigenvalue weighted by Crippen LogP contribution is -2.04. The van der Waals surface area contributed by atoms with Crippen molar-refractivity contribution in [3.05, 3.63) is 0 Å². The van der Waals surface area contributed by atoms with Gasteiger partial charge in [0.25, 0.3) is 0 Å². The second-order valence-electron chi connectivity index (χ2n) is 0.679. The van der Waals surface area contributed by atoms with Crippen molar-refractivity contribution in [1.82, 2.24) is 0 Å². The van der Waals surface area contributed by atoms with Crippen LogP contribution in [0.4, 0.5) is 0 Å². The molecule has 0 aliphatic carbocycles. The van der Waals surface area contributed by atoms with Gasteiger partial charge in [-0.1, -0.05) is 11.6 Å². The van der Waals surface area contributed by atoms with Gasteiger partial charge in [0.05, 0.1) is 0 Å². The van der Waals surface area contributed by atoms with Gasteiger partial charge < -0.3 is 0 Å². The van der Waals surface area contributed by atoms with Gasteiger partial charge in [-0.15, -0.1) is 0 Å². The summed E-state index contributed by atoms with van der Waals surface area (Å²) in [4.78, 5) is 4.02. The zero-order valence-corrected chi connectivity index (χ0v) is 3.70. The molecule has 2 nitrogen and oxygen atoms in total. The quantitative estimate of drug-likeness (QED) is 0.379. The molecule has 0 heterocycles. The minimum absolute atomic E-state index is 0.366. The van der Waals surface area contributed by atoms with Crippen molar-refractivity contribution in [2.24, 2.45) is 5.90 Å². The fourth-order valence-electron chi connectivity index (χ4n) is 0. The molecule has 0 bridgehead atoms. The molecular weight excluding hydrogens is 89.5 g/mol. The molecule has 0 aromatic rings.